The van der Waals surface area contributed by atoms with Crippen LogP contribution in [0.3, 0.4) is 0 Å². The van der Waals surface area contributed by atoms with Crippen molar-refractivity contribution in [3.8, 4) is 5.75 Å². The lowest BCUT2D eigenvalue weighted by atomic mass is 9.81. The SMILES string of the molecule is CC1CC(c2cccc3c2OCCC3)c2ccccc2N1. The molecule has 0 spiro atoms. The molecule has 2 nitrogen and oxygen atoms in total. The third-order valence-corrected chi connectivity index (χ3v) is 4.67. The van der Waals surface area contributed by atoms with E-state index in [1.807, 2.05) is 0 Å². The lowest BCUT2D eigenvalue weighted by Gasteiger charge is -2.33. The third-order valence-electron chi connectivity index (χ3n) is 4.67. The number of anilines is 1. The van der Waals surface area contributed by atoms with E-state index in [0.29, 0.717) is 12.0 Å². The van der Waals surface area contributed by atoms with E-state index in [1.54, 1.807) is 0 Å². The molecule has 2 unspecified atom stereocenters. The van der Waals surface area contributed by atoms with Crippen LogP contribution in [0.4, 0.5) is 5.69 Å². The van der Waals surface area contributed by atoms with E-state index in [-0.39, 0.29) is 0 Å². The number of rotatable bonds is 1. The van der Waals surface area contributed by atoms with E-state index in [9.17, 15) is 0 Å². The van der Waals surface area contributed by atoms with Crippen molar-refractivity contribution in [2.75, 3.05) is 11.9 Å². The zero-order valence-corrected chi connectivity index (χ0v) is 12.4. The van der Waals surface area contributed by atoms with Crippen LogP contribution in [-0.2, 0) is 6.42 Å². The van der Waals surface area contributed by atoms with Crippen molar-refractivity contribution in [2.24, 2.45) is 0 Å². The van der Waals surface area contributed by atoms with Crippen LogP contribution in [0.1, 0.15) is 42.4 Å². The minimum atomic E-state index is 0.436. The maximum atomic E-state index is 6.04. The molecule has 0 radical (unpaired) electrons. The molecule has 4 rings (SSSR count). The van der Waals surface area contributed by atoms with Crippen molar-refractivity contribution >= 4 is 5.69 Å². The largest absolute Gasteiger partial charge is 0.493 e. The molecule has 0 amide bonds. The second kappa shape index (κ2) is 5.10. The molecule has 2 heterocycles. The molecule has 0 saturated carbocycles. The van der Waals surface area contributed by atoms with Crippen LogP contribution in [0.15, 0.2) is 42.5 Å². The summed E-state index contributed by atoms with van der Waals surface area (Å²) in [5, 5.41) is 3.60. The summed E-state index contributed by atoms with van der Waals surface area (Å²) in [6.45, 7) is 3.12. The number of hydrogen-bond acceptors (Lipinski definition) is 2. The van der Waals surface area contributed by atoms with E-state index < -0.39 is 0 Å². The van der Waals surface area contributed by atoms with Gasteiger partial charge < -0.3 is 10.1 Å². The van der Waals surface area contributed by atoms with Gasteiger partial charge in [-0.1, -0.05) is 36.4 Å². The summed E-state index contributed by atoms with van der Waals surface area (Å²) in [6, 6.07) is 15.8. The number of fused-ring (bicyclic) bond motifs is 2. The summed E-state index contributed by atoms with van der Waals surface area (Å²) in [6.07, 6.45) is 3.40. The van der Waals surface area contributed by atoms with E-state index in [2.05, 4.69) is 54.7 Å². The first-order valence-electron chi connectivity index (χ1n) is 7.93. The quantitative estimate of drug-likeness (QED) is 0.838. The number of hydrogen-bond donors (Lipinski definition) is 1. The van der Waals surface area contributed by atoms with Crippen LogP contribution >= 0.6 is 0 Å². The molecule has 0 saturated heterocycles. The van der Waals surface area contributed by atoms with Gasteiger partial charge in [-0.25, -0.2) is 0 Å². The topological polar surface area (TPSA) is 21.3 Å². The fraction of sp³-hybridized carbons (Fsp3) is 0.368. The lowest BCUT2D eigenvalue weighted by molar-refractivity contribution is 0.283. The number of para-hydroxylation sites is 2. The molecule has 2 aliphatic heterocycles. The van der Waals surface area contributed by atoms with Crippen LogP contribution in [0, 0.1) is 0 Å². The third kappa shape index (κ3) is 2.19. The second-order valence-electron chi connectivity index (χ2n) is 6.21. The van der Waals surface area contributed by atoms with E-state index >= 15 is 0 Å². The van der Waals surface area contributed by atoms with Gasteiger partial charge in [-0.15, -0.1) is 0 Å². The Hall–Kier alpha value is -1.96. The van der Waals surface area contributed by atoms with Gasteiger partial charge in [-0.05, 0) is 43.4 Å². The monoisotopic (exact) mass is 279 g/mol. The predicted molar refractivity (Wildman–Crippen MR) is 86.2 cm³/mol. The van der Waals surface area contributed by atoms with Gasteiger partial charge in [-0.2, -0.15) is 0 Å². The maximum absolute atomic E-state index is 6.04. The average molecular weight is 279 g/mol. The van der Waals surface area contributed by atoms with Crippen LogP contribution in [0.5, 0.6) is 5.75 Å². The summed E-state index contributed by atoms with van der Waals surface area (Å²) < 4.78 is 6.04. The van der Waals surface area contributed by atoms with Crippen molar-refractivity contribution in [1.82, 2.24) is 0 Å². The van der Waals surface area contributed by atoms with Crippen LogP contribution in [-0.4, -0.2) is 12.6 Å². The number of ether oxygens (including phenoxy) is 1. The van der Waals surface area contributed by atoms with Crippen LogP contribution in [0.25, 0.3) is 0 Å². The molecule has 2 aliphatic rings. The number of aryl methyl sites for hydroxylation is 1. The fourth-order valence-electron chi connectivity index (χ4n) is 3.72. The van der Waals surface area contributed by atoms with Gasteiger partial charge in [0.2, 0.25) is 0 Å². The fourth-order valence-corrected chi connectivity index (χ4v) is 3.72. The minimum Gasteiger partial charge on any atom is -0.493 e. The standard InChI is InChI=1S/C19H21NO/c1-13-12-17(15-8-2-3-10-18(15)20-13)16-9-4-6-14-7-5-11-21-19(14)16/h2-4,6,8-10,13,17,20H,5,7,11-12H2,1H3. The highest BCUT2D eigenvalue weighted by atomic mass is 16.5. The van der Waals surface area contributed by atoms with Crippen molar-refractivity contribution in [1.29, 1.82) is 0 Å². The Morgan fingerprint density at radius 2 is 1.90 bits per heavy atom. The molecule has 2 atom stereocenters. The van der Waals surface area contributed by atoms with Crippen molar-refractivity contribution in [2.45, 2.75) is 38.1 Å². The van der Waals surface area contributed by atoms with Gasteiger partial charge in [0.05, 0.1) is 6.61 Å². The molecule has 21 heavy (non-hydrogen) atoms. The molecule has 2 aromatic rings. The highest BCUT2D eigenvalue weighted by Crippen LogP contribution is 2.43. The van der Waals surface area contributed by atoms with Gasteiger partial charge in [-0.3, -0.25) is 0 Å². The molecular weight excluding hydrogens is 258 g/mol. The van der Waals surface area contributed by atoms with E-state index in [1.165, 1.54) is 22.4 Å². The smallest absolute Gasteiger partial charge is 0.126 e. The molecule has 0 aromatic heterocycles. The number of nitrogens with one attached hydrogen (secondary N) is 1. The van der Waals surface area contributed by atoms with E-state index in [4.69, 9.17) is 4.74 Å². The zero-order valence-electron chi connectivity index (χ0n) is 12.4. The zero-order chi connectivity index (χ0) is 14.2. The molecule has 1 N–H and O–H groups in total. The Morgan fingerprint density at radius 1 is 1.05 bits per heavy atom. The Kier molecular flexibility index (Phi) is 3.10. The predicted octanol–water partition coefficient (Wildman–Crippen LogP) is 4.35. The van der Waals surface area contributed by atoms with Crippen LogP contribution in [0.2, 0.25) is 0 Å². The molecular formula is C19H21NO. The highest BCUT2D eigenvalue weighted by Gasteiger charge is 2.28. The first-order chi connectivity index (χ1) is 10.3. The minimum absolute atomic E-state index is 0.436. The molecule has 2 heteroatoms. The second-order valence-corrected chi connectivity index (χ2v) is 6.21. The first-order valence-corrected chi connectivity index (χ1v) is 7.93. The highest BCUT2D eigenvalue weighted by molar-refractivity contribution is 5.60. The van der Waals surface area contributed by atoms with Gasteiger partial charge in [0.1, 0.15) is 5.75 Å². The van der Waals surface area contributed by atoms with Crippen molar-refractivity contribution in [3.05, 3.63) is 59.2 Å². The van der Waals surface area contributed by atoms with Gasteiger partial charge in [0.25, 0.3) is 0 Å². The van der Waals surface area contributed by atoms with Gasteiger partial charge in [0, 0.05) is 23.2 Å². The van der Waals surface area contributed by atoms with Crippen molar-refractivity contribution < 1.29 is 4.74 Å². The summed E-state index contributed by atoms with van der Waals surface area (Å²) in [4.78, 5) is 0. The Labute approximate surface area is 126 Å². The molecule has 0 aliphatic carbocycles. The van der Waals surface area contributed by atoms with Gasteiger partial charge in [0.15, 0.2) is 0 Å². The van der Waals surface area contributed by atoms with Crippen molar-refractivity contribution in [3.63, 3.8) is 0 Å². The summed E-state index contributed by atoms with van der Waals surface area (Å²) in [7, 11) is 0. The number of benzene rings is 2. The summed E-state index contributed by atoms with van der Waals surface area (Å²) in [5.74, 6) is 1.59. The first kappa shape index (κ1) is 12.8. The summed E-state index contributed by atoms with van der Waals surface area (Å²) >= 11 is 0. The maximum Gasteiger partial charge on any atom is 0.126 e. The molecule has 108 valence electrons. The Balaban J connectivity index is 1.84. The Morgan fingerprint density at radius 3 is 2.86 bits per heavy atom. The normalized spacial score (nSPS) is 23.5. The summed E-state index contributed by atoms with van der Waals surface area (Å²) in [5.41, 5.74) is 5.42. The lowest BCUT2D eigenvalue weighted by Crippen LogP contribution is -2.26. The Bertz CT molecular complexity index is 664. The molecule has 0 fully saturated rings. The molecule has 0 bridgehead atoms. The average Bonchev–Trinajstić information content (AvgIpc) is 2.53. The van der Waals surface area contributed by atoms with Gasteiger partial charge >= 0.3 is 0 Å². The van der Waals surface area contributed by atoms with Crippen LogP contribution < -0.4 is 10.1 Å². The van der Waals surface area contributed by atoms with E-state index in [0.717, 1.165) is 31.6 Å². The molecule has 2 aromatic carbocycles.